The molecule has 0 spiro atoms. The van der Waals surface area contributed by atoms with E-state index >= 15 is 0 Å². The number of aromatic nitrogens is 6. The molecule has 4 rings (SSSR count). The highest BCUT2D eigenvalue weighted by molar-refractivity contribution is 7.16. The monoisotopic (exact) mass is 395 g/mol. The fourth-order valence-corrected chi connectivity index (χ4v) is 3.17. The van der Waals surface area contributed by atoms with Gasteiger partial charge in [-0.2, -0.15) is 0 Å². The Morgan fingerprint density at radius 2 is 2.00 bits per heavy atom. The molecule has 0 bridgehead atoms. The van der Waals surface area contributed by atoms with Gasteiger partial charge in [-0.25, -0.2) is 32.8 Å². The zero-order valence-corrected chi connectivity index (χ0v) is 14.0. The first-order chi connectivity index (χ1) is 12.9. The van der Waals surface area contributed by atoms with Crippen LogP contribution in [0.1, 0.15) is 12.2 Å². The standard InChI is InChI=1S/C14H8F3N7O2S/c15-6-2-18-14(19-3-6)21-9(25)4-23-13(26)7-1-8-11(20-5-27-8)24(7)12(22-23)10(16)17/h1-3,5,10H,4H2,(H,18,19,21,25). The Hall–Kier alpha value is -3.35. The van der Waals surface area contributed by atoms with Gasteiger partial charge in [0, 0.05) is 0 Å². The number of hydrogen-bond donors (Lipinski definition) is 1. The number of nitrogens with zero attached hydrogens (tertiary/aromatic N) is 6. The average molecular weight is 395 g/mol. The van der Waals surface area contributed by atoms with Crippen molar-refractivity contribution >= 4 is 39.1 Å². The highest BCUT2D eigenvalue weighted by Gasteiger charge is 2.22. The van der Waals surface area contributed by atoms with E-state index in [1.807, 2.05) is 0 Å². The fraction of sp³-hybridized carbons (Fsp3) is 0.143. The van der Waals surface area contributed by atoms with E-state index in [0.29, 0.717) is 9.38 Å². The van der Waals surface area contributed by atoms with Gasteiger partial charge in [0.2, 0.25) is 17.7 Å². The SMILES string of the molecule is O=C(Cn1nc(C(F)F)n2c(cc3scnc32)c1=O)Nc1ncc(F)cn1. The van der Waals surface area contributed by atoms with Crippen LogP contribution in [0.4, 0.5) is 19.1 Å². The van der Waals surface area contributed by atoms with Gasteiger partial charge in [0.25, 0.3) is 12.0 Å². The minimum absolute atomic E-state index is 0.0690. The number of anilines is 1. The van der Waals surface area contributed by atoms with Gasteiger partial charge in [0.05, 0.1) is 22.6 Å². The summed E-state index contributed by atoms with van der Waals surface area (Å²) in [6, 6.07) is 1.42. The number of rotatable bonds is 4. The molecular weight excluding hydrogens is 387 g/mol. The molecular formula is C14H8F3N7O2S. The lowest BCUT2D eigenvalue weighted by atomic mass is 10.5. The van der Waals surface area contributed by atoms with E-state index in [4.69, 9.17) is 0 Å². The summed E-state index contributed by atoms with van der Waals surface area (Å²) < 4.78 is 41.9. The van der Waals surface area contributed by atoms with E-state index in [1.165, 1.54) is 22.9 Å². The number of fused-ring (bicyclic) bond motifs is 3. The summed E-state index contributed by atoms with van der Waals surface area (Å²) in [7, 11) is 0. The molecule has 138 valence electrons. The summed E-state index contributed by atoms with van der Waals surface area (Å²) in [5, 5.41) is 5.85. The molecule has 0 unspecified atom stereocenters. The van der Waals surface area contributed by atoms with E-state index in [1.54, 1.807) is 0 Å². The van der Waals surface area contributed by atoms with Crippen molar-refractivity contribution in [3.8, 4) is 0 Å². The molecule has 0 atom stereocenters. The van der Waals surface area contributed by atoms with Crippen molar-refractivity contribution in [3.05, 3.63) is 46.0 Å². The van der Waals surface area contributed by atoms with Gasteiger partial charge in [-0.3, -0.25) is 19.3 Å². The van der Waals surface area contributed by atoms with Gasteiger partial charge in [-0.15, -0.1) is 16.4 Å². The molecule has 27 heavy (non-hydrogen) atoms. The molecule has 0 saturated heterocycles. The fourth-order valence-electron chi connectivity index (χ4n) is 2.48. The number of nitrogens with one attached hydrogen (secondary N) is 1. The van der Waals surface area contributed by atoms with Crippen molar-refractivity contribution in [1.29, 1.82) is 0 Å². The van der Waals surface area contributed by atoms with Crippen molar-refractivity contribution < 1.29 is 18.0 Å². The highest BCUT2D eigenvalue weighted by atomic mass is 32.1. The zero-order valence-electron chi connectivity index (χ0n) is 13.1. The second-order valence-corrected chi connectivity index (χ2v) is 6.19. The summed E-state index contributed by atoms with van der Waals surface area (Å²) in [4.78, 5) is 35.7. The smallest absolute Gasteiger partial charge is 0.293 e. The predicted molar refractivity (Wildman–Crippen MR) is 88.2 cm³/mol. The van der Waals surface area contributed by atoms with Crippen LogP contribution in [0.3, 0.4) is 0 Å². The molecule has 0 fully saturated rings. The van der Waals surface area contributed by atoms with Crippen LogP contribution >= 0.6 is 11.3 Å². The van der Waals surface area contributed by atoms with Gasteiger partial charge in [0.15, 0.2) is 11.5 Å². The first kappa shape index (κ1) is 17.1. The Labute approximate surface area is 151 Å². The number of alkyl halides is 2. The minimum Gasteiger partial charge on any atom is -0.293 e. The number of halogens is 3. The van der Waals surface area contributed by atoms with Gasteiger partial charge in [0.1, 0.15) is 12.1 Å². The maximum atomic E-state index is 13.5. The first-order valence-electron chi connectivity index (χ1n) is 7.35. The summed E-state index contributed by atoms with van der Waals surface area (Å²) in [5.41, 5.74) is 0.861. The third-order valence-electron chi connectivity index (χ3n) is 3.56. The lowest BCUT2D eigenvalue weighted by Gasteiger charge is -2.10. The molecule has 0 aliphatic heterocycles. The third kappa shape index (κ3) is 3.01. The number of amides is 1. The Balaban J connectivity index is 1.73. The molecule has 1 N–H and O–H groups in total. The van der Waals surface area contributed by atoms with Gasteiger partial charge in [-0.1, -0.05) is 0 Å². The van der Waals surface area contributed by atoms with Crippen LogP contribution in [0.5, 0.6) is 0 Å². The summed E-state index contributed by atoms with van der Waals surface area (Å²) >= 11 is 1.19. The van der Waals surface area contributed by atoms with Crippen LogP contribution in [0.25, 0.3) is 15.9 Å². The van der Waals surface area contributed by atoms with Crippen LogP contribution in [-0.4, -0.2) is 35.0 Å². The maximum Gasteiger partial charge on any atom is 0.297 e. The average Bonchev–Trinajstić information content (AvgIpc) is 3.21. The summed E-state index contributed by atoms with van der Waals surface area (Å²) in [5.74, 6) is -2.39. The second-order valence-electron chi connectivity index (χ2n) is 5.30. The number of hydrogen-bond acceptors (Lipinski definition) is 7. The maximum absolute atomic E-state index is 13.5. The topological polar surface area (TPSA) is 107 Å². The second kappa shape index (κ2) is 6.42. The Bertz CT molecular complexity index is 1220. The molecule has 1 amide bonds. The van der Waals surface area contributed by atoms with Gasteiger partial charge >= 0.3 is 0 Å². The summed E-state index contributed by atoms with van der Waals surface area (Å²) in [6.45, 7) is -0.651. The lowest BCUT2D eigenvalue weighted by Crippen LogP contribution is -2.32. The van der Waals surface area contributed by atoms with E-state index < -0.39 is 36.1 Å². The molecule has 4 heterocycles. The van der Waals surface area contributed by atoms with Crippen LogP contribution in [-0.2, 0) is 11.3 Å². The van der Waals surface area contributed by atoms with Crippen molar-refractivity contribution in [3.63, 3.8) is 0 Å². The highest BCUT2D eigenvalue weighted by Crippen LogP contribution is 2.25. The van der Waals surface area contributed by atoms with Crippen LogP contribution < -0.4 is 10.9 Å². The Morgan fingerprint density at radius 1 is 1.26 bits per heavy atom. The van der Waals surface area contributed by atoms with E-state index in [9.17, 15) is 22.8 Å². The van der Waals surface area contributed by atoms with Gasteiger partial charge in [-0.05, 0) is 6.07 Å². The Morgan fingerprint density at radius 3 is 2.70 bits per heavy atom. The number of thiazole rings is 1. The molecule has 9 nitrogen and oxygen atoms in total. The normalized spacial score (nSPS) is 11.6. The van der Waals surface area contributed by atoms with Crippen molar-refractivity contribution in [2.24, 2.45) is 0 Å². The van der Waals surface area contributed by atoms with Crippen LogP contribution in [0, 0.1) is 5.82 Å². The molecule has 4 aromatic heterocycles. The Kier molecular flexibility index (Phi) is 4.07. The molecule has 0 radical (unpaired) electrons. The van der Waals surface area contributed by atoms with Crippen LogP contribution in [0.15, 0.2) is 28.8 Å². The summed E-state index contributed by atoms with van der Waals surface area (Å²) in [6.07, 6.45) is -1.32. The minimum atomic E-state index is -3.00. The molecule has 0 saturated carbocycles. The van der Waals surface area contributed by atoms with Crippen LogP contribution in [0.2, 0.25) is 0 Å². The van der Waals surface area contributed by atoms with E-state index in [0.717, 1.165) is 16.8 Å². The third-order valence-corrected chi connectivity index (χ3v) is 4.33. The predicted octanol–water partition coefficient (Wildman–Crippen LogP) is 1.61. The van der Waals surface area contributed by atoms with Gasteiger partial charge < -0.3 is 0 Å². The van der Waals surface area contributed by atoms with Crippen molar-refractivity contribution in [2.45, 2.75) is 13.0 Å². The molecule has 0 aliphatic rings. The van der Waals surface area contributed by atoms with E-state index in [-0.39, 0.29) is 17.1 Å². The van der Waals surface area contributed by atoms with E-state index in [2.05, 4.69) is 25.4 Å². The number of carbonyl (C=O) groups excluding carboxylic acids is 1. The molecule has 4 aromatic rings. The molecule has 0 aromatic carbocycles. The largest absolute Gasteiger partial charge is 0.297 e. The first-order valence-corrected chi connectivity index (χ1v) is 8.23. The lowest BCUT2D eigenvalue weighted by molar-refractivity contribution is -0.117. The number of carbonyl (C=O) groups is 1. The van der Waals surface area contributed by atoms with Crippen molar-refractivity contribution in [1.82, 2.24) is 29.1 Å². The van der Waals surface area contributed by atoms with Crippen molar-refractivity contribution in [2.75, 3.05) is 5.32 Å². The zero-order chi connectivity index (χ0) is 19.1. The molecule has 0 aliphatic carbocycles. The molecule has 13 heteroatoms. The quantitative estimate of drug-likeness (QED) is 0.563.